The monoisotopic (exact) mass is 365 g/mol. The predicted molar refractivity (Wildman–Crippen MR) is 92.3 cm³/mol. The van der Waals surface area contributed by atoms with Gasteiger partial charge in [0.15, 0.2) is 6.23 Å². The van der Waals surface area contributed by atoms with Crippen molar-refractivity contribution in [1.29, 1.82) is 0 Å². The molecule has 2 N–H and O–H groups in total. The van der Waals surface area contributed by atoms with Crippen molar-refractivity contribution in [2.24, 2.45) is 0 Å². The van der Waals surface area contributed by atoms with Gasteiger partial charge in [-0.15, -0.1) is 18.8 Å². The average molecular weight is 367 g/mol. The minimum Gasteiger partial charge on any atom is -0.367 e. The first kappa shape index (κ1) is 17.7. The second kappa shape index (κ2) is 8.86. The SMILES string of the molecule is C#CC(O)NC(Cc1ccccc1)c1ccc(Br)cc1.Cl. The molecule has 0 fully saturated rings. The molecule has 4 heteroatoms. The van der Waals surface area contributed by atoms with Crippen molar-refractivity contribution in [3.63, 3.8) is 0 Å². The Morgan fingerprint density at radius 3 is 2.29 bits per heavy atom. The normalized spacial score (nSPS) is 12.8. The Labute approximate surface area is 140 Å². The van der Waals surface area contributed by atoms with Crippen LogP contribution in [0.2, 0.25) is 0 Å². The molecule has 0 aliphatic carbocycles. The van der Waals surface area contributed by atoms with E-state index in [1.807, 2.05) is 42.5 Å². The minimum atomic E-state index is -0.952. The number of aliphatic hydroxyl groups is 1. The van der Waals surface area contributed by atoms with Crippen LogP contribution in [0.5, 0.6) is 0 Å². The fourth-order valence-corrected chi connectivity index (χ4v) is 2.32. The third-order valence-corrected chi connectivity index (χ3v) is 3.60. The molecule has 110 valence electrons. The highest BCUT2D eigenvalue weighted by Gasteiger charge is 2.14. The number of halogens is 2. The summed E-state index contributed by atoms with van der Waals surface area (Å²) in [5.74, 6) is 2.30. The van der Waals surface area contributed by atoms with Gasteiger partial charge in [0.25, 0.3) is 0 Å². The van der Waals surface area contributed by atoms with Gasteiger partial charge in [-0.25, -0.2) is 0 Å². The Bertz CT molecular complexity index is 580. The van der Waals surface area contributed by atoms with Crippen LogP contribution in [0.3, 0.4) is 0 Å². The summed E-state index contributed by atoms with van der Waals surface area (Å²) in [5, 5.41) is 12.7. The Balaban J connectivity index is 0.00000220. The van der Waals surface area contributed by atoms with Crippen molar-refractivity contribution in [3.8, 4) is 12.3 Å². The highest BCUT2D eigenvalue weighted by atomic mass is 79.9. The van der Waals surface area contributed by atoms with Crippen molar-refractivity contribution in [2.45, 2.75) is 18.7 Å². The average Bonchev–Trinajstić information content (AvgIpc) is 2.48. The summed E-state index contributed by atoms with van der Waals surface area (Å²) in [5.41, 5.74) is 2.28. The van der Waals surface area contributed by atoms with E-state index in [4.69, 9.17) is 6.42 Å². The zero-order valence-electron chi connectivity index (χ0n) is 11.4. The summed E-state index contributed by atoms with van der Waals surface area (Å²) in [6.45, 7) is 0. The van der Waals surface area contributed by atoms with Gasteiger partial charge in [0, 0.05) is 10.5 Å². The molecular formula is C17H17BrClNO. The number of terminal acetylenes is 1. The van der Waals surface area contributed by atoms with Crippen molar-refractivity contribution in [2.75, 3.05) is 0 Å². The summed E-state index contributed by atoms with van der Waals surface area (Å²) in [4.78, 5) is 0. The van der Waals surface area contributed by atoms with Crippen LogP contribution < -0.4 is 5.32 Å². The molecular weight excluding hydrogens is 350 g/mol. The first-order valence-electron chi connectivity index (χ1n) is 6.38. The van der Waals surface area contributed by atoms with Crippen molar-refractivity contribution in [1.82, 2.24) is 5.32 Å². The Morgan fingerprint density at radius 1 is 1.10 bits per heavy atom. The lowest BCUT2D eigenvalue weighted by molar-refractivity contribution is 0.176. The number of hydrogen-bond donors (Lipinski definition) is 2. The van der Waals surface area contributed by atoms with Crippen LogP contribution in [0.4, 0.5) is 0 Å². The van der Waals surface area contributed by atoms with E-state index in [1.165, 1.54) is 5.56 Å². The molecule has 0 spiro atoms. The van der Waals surface area contributed by atoms with E-state index in [2.05, 4.69) is 39.3 Å². The number of benzene rings is 2. The molecule has 0 heterocycles. The zero-order valence-corrected chi connectivity index (χ0v) is 13.8. The largest absolute Gasteiger partial charge is 0.367 e. The first-order chi connectivity index (χ1) is 9.69. The topological polar surface area (TPSA) is 32.3 Å². The van der Waals surface area contributed by atoms with E-state index in [9.17, 15) is 5.11 Å². The van der Waals surface area contributed by atoms with E-state index in [0.717, 1.165) is 16.5 Å². The lowest BCUT2D eigenvalue weighted by atomic mass is 9.99. The Hall–Kier alpha value is -1.31. The molecule has 0 saturated carbocycles. The second-order valence-corrected chi connectivity index (χ2v) is 5.45. The third kappa shape index (κ3) is 5.53. The summed E-state index contributed by atoms with van der Waals surface area (Å²) in [7, 11) is 0. The van der Waals surface area contributed by atoms with E-state index in [1.54, 1.807) is 0 Å². The van der Waals surface area contributed by atoms with Gasteiger partial charge in [-0.1, -0.05) is 64.3 Å². The molecule has 2 nitrogen and oxygen atoms in total. The number of rotatable bonds is 5. The van der Waals surface area contributed by atoms with Crippen LogP contribution in [0.1, 0.15) is 17.2 Å². The number of nitrogens with one attached hydrogen (secondary N) is 1. The van der Waals surface area contributed by atoms with Gasteiger partial charge in [0.1, 0.15) is 0 Å². The quantitative estimate of drug-likeness (QED) is 0.625. The van der Waals surface area contributed by atoms with Crippen molar-refractivity contribution in [3.05, 3.63) is 70.2 Å². The summed E-state index contributed by atoms with van der Waals surface area (Å²) >= 11 is 3.42. The molecule has 2 rings (SSSR count). The first-order valence-corrected chi connectivity index (χ1v) is 7.18. The van der Waals surface area contributed by atoms with E-state index < -0.39 is 6.23 Å². The number of aliphatic hydroxyl groups excluding tert-OH is 1. The maximum atomic E-state index is 9.67. The van der Waals surface area contributed by atoms with E-state index >= 15 is 0 Å². The summed E-state index contributed by atoms with van der Waals surface area (Å²) in [6, 6.07) is 18.1. The van der Waals surface area contributed by atoms with Crippen LogP contribution in [-0.2, 0) is 6.42 Å². The molecule has 2 aromatic rings. The highest BCUT2D eigenvalue weighted by molar-refractivity contribution is 9.10. The van der Waals surface area contributed by atoms with Gasteiger partial charge in [0.2, 0.25) is 0 Å². The number of hydrogen-bond acceptors (Lipinski definition) is 2. The Kier molecular flexibility index (Phi) is 7.49. The standard InChI is InChI=1S/C17H16BrNO.ClH/c1-2-17(20)19-16(12-13-6-4-3-5-7-13)14-8-10-15(18)11-9-14;/h1,3-11,16-17,19-20H,12H2;1H. The van der Waals surface area contributed by atoms with Crippen LogP contribution >= 0.6 is 28.3 Å². The van der Waals surface area contributed by atoms with Gasteiger partial charge < -0.3 is 5.11 Å². The zero-order chi connectivity index (χ0) is 14.4. The van der Waals surface area contributed by atoms with Gasteiger partial charge in [-0.05, 0) is 29.7 Å². The second-order valence-electron chi connectivity index (χ2n) is 4.53. The van der Waals surface area contributed by atoms with Crippen LogP contribution in [0.15, 0.2) is 59.1 Å². The third-order valence-electron chi connectivity index (χ3n) is 3.07. The van der Waals surface area contributed by atoms with Gasteiger partial charge in [-0.2, -0.15) is 0 Å². The van der Waals surface area contributed by atoms with E-state index in [0.29, 0.717) is 0 Å². The van der Waals surface area contributed by atoms with Crippen LogP contribution in [-0.4, -0.2) is 11.3 Å². The molecule has 0 aliphatic heterocycles. The molecule has 2 unspecified atom stereocenters. The van der Waals surface area contributed by atoms with Crippen LogP contribution in [0, 0.1) is 12.3 Å². The van der Waals surface area contributed by atoms with Gasteiger partial charge in [0.05, 0.1) is 0 Å². The molecule has 0 bridgehead atoms. The maximum Gasteiger partial charge on any atom is 0.168 e. The minimum absolute atomic E-state index is 0. The smallest absolute Gasteiger partial charge is 0.168 e. The molecule has 2 atom stereocenters. The predicted octanol–water partition coefficient (Wildman–Crippen LogP) is 3.70. The summed E-state index contributed by atoms with van der Waals surface area (Å²) < 4.78 is 1.03. The lowest BCUT2D eigenvalue weighted by Gasteiger charge is -2.21. The lowest BCUT2D eigenvalue weighted by Crippen LogP contribution is -2.32. The van der Waals surface area contributed by atoms with Gasteiger partial charge in [-0.3, -0.25) is 5.32 Å². The fraction of sp³-hybridized carbons (Fsp3) is 0.176. The van der Waals surface area contributed by atoms with Gasteiger partial charge >= 0.3 is 0 Å². The molecule has 0 aliphatic rings. The molecule has 0 radical (unpaired) electrons. The van der Waals surface area contributed by atoms with Crippen LogP contribution in [0.25, 0.3) is 0 Å². The maximum absolute atomic E-state index is 9.67. The van der Waals surface area contributed by atoms with Crippen molar-refractivity contribution < 1.29 is 5.11 Å². The molecule has 0 amide bonds. The molecule has 21 heavy (non-hydrogen) atoms. The molecule has 0 aromatic heterocycles. The fourth-order valence-electron chi connectivity index (χ4n) is 2.06. The van der Waals surface area contributed by atoms with E-state index in [-0.39, 0.29) is 18.4 Å². The highest BCUT2D eigenvalue weighted by Crippen LogP contribution is 2.21. The summed E-state index contributed by atoms with van der Waals surface area (Å²) in [6.07, 6.45) is 5.06. The Morgan fingerprint density at radius 2 is 1.71 bits per heavy atom. The molecule has 2 aromatic carbocycles. The molecule has 0 saturated heterocycles. The van der Waals surface area contributed by atoms with Crippen molar-refractivity contribution >= 4 is 28.3 Å².